The van der Waals surface area contributed by atoms with E-state index in [9.17, 15) is 4.79 Å². The molecule has 190 valence electrons. The van der Waals surface area contributed by atoms with Crippen molar-refractivity contribution in [1.29, 1.82) is 5.41 Å². The first-order valence-corrected chi connectivity index (χ1v) is 13.3. The number of hydrogen-bond donors (Lipinski definition) is 3. The molecule has 1 unspecified atom stereocenters. The number of pyridine rings is 1. The fraction of sp³-hybridized carbons (Fsp3) is 0.367. The van der Waals surface area contributed by atoms with Crippen molar-refractivity contribution in [3.8, 4) is 16.9 Å². The van der Waals surface area contributed by atoms with Gasteiger partial charge in [0, 0.05) is 28.9 Å². The minimum absolute atomic E-state index is 0.163. The number of fused-ring (bicyclic) bond motifs is 2. The van der Waals surface area contributed by atoms with Gasteiger partial charge in [0.1, 0.15) is 18.2 Å². The van der Waals surface area contributed by atoms with E-state index in [1.165, 1.54) is 49.9 Å². The molecule has 2 aromatic carbocycles. The smallest absolute Gasteiger partial charge is 0.255 e. The number of nitrogens with two attached hydrogens (primary N) is 1. The summed E-state index contributed by atoms with van der Waals surface area (Å²) in [5.41, 5.74) is 13.1. The highest BCUT2D eigenvalue weighted by Gasteiger charge is 2.25. The van der Waals surface area contributed by atoms with E-state index in [1.807, 2.05) is 6.07 Å². The first-order chi connectivity index (χ1) is 18.1. The van der Waals surface area contributed by atoms with Crippen LogP contribution in [0, 0.1) is 5.41 Å². The van der Waals surface area contributed by atoms with Crippen LogP contribution in [0.2, 0.25) is 0 Å². The van der Waals surface area contributed by atoms with Crippen LogP contribution >= 0.6 is 0 Å². The summed E-state index contributed by atoms with van der Waals surface area (Å²) < 4.78 is 5.74. The molecule has 3 heterocycles. The van der Waals surface area contributed by atoms with Gasteiger partial charge in [-0.25, -0.2) is 4.98 Å². The van der Waals surface area contributed by atoms with E-state index in [1.54, 1.807) is 24.4 Å². The number of amides is 1. The second-order valence-corrected chi connectivity index (χ2v) is 10.3. The zero-order valence-corrected chi connectivity index (χ0v) is 21.1. The highest BCUT2D eigenvalue weighted by Crippen LogP contribution is 2.31. The van der Waals surface area contributed by atoms with Crippen molar-refractivity contribution in [2.45, 2.75) is 44.6 Å². The Balaban J connectivity index is 1.26. The molecule has 0 bridgehead atoms. The largest absolute Gasteiger partial charge is 0.491 e. The third-order valence-electron chi connectivity index (χ3n) is 8.04. The monoisotopic (exact) mass is 495 g/mol. The average Bonchev–Trinajstić information content (AvgIpc) is 3.29. The number of nitrogen functional groups attached to an aromatic ring is 1. The number of nitrogens with zero attached hydrogens (tertiary/aromatic N) is 2. The molecule has 7 nitrogen and oxygen atoms in total. The topological polar surface area (TPSA) is 104 Å². The summed E-state index contributed by atoms with van der Waals surface area (Å²) in [7, 11) is 0. The third kappa shape index (κ3) is 4.71. The van der Waals surface area contributed by atoms with Gasteiger partial charge in [-0.3, -0.25) is 10.2 Å². The van der Waals surface area contributed by atoms with Gasteiger partial charge >= 0.3 is 0 Å². The van der Waals surface area contributed by atoms with Gasteiger partial charge in [0.15, 0.2) is 0 Å². The number of carbonyl (C=O) groups is 1. The Hall–Kier alpha value is -3.71. The zero-order chi connectivity index (χ0) is 25.4. The Kier molecular flexibility index (Phi) is 6.38. The van der Waals surface area contributed by atoms with Gasteiger partial charge in [-0.15, -0.1) is 0 Å². The molecule has 2 aliphatic heterocycles. The summed E-state index contributed by atoms with van der Waals surface area (Å²) in [6.07, 6.45) is 9.14. The first kappa shape index (κ1) is 23.7. The molecule has 3 aromatic rings. The predicted molar refractivity (Wildman–Crippen MR) is 146 cm³/mol. The SMILES string of the molecule is N=C(c1ccc2c(c1)OCCNC2=O)c1cc(-c2ccc3c(c2)CCC(N2CCCC2)CC3)cnc1N. The van der Waals surface area contributed by atoms with Crippen LogP contribution in [0.4, 0.5) is 5.82 Å². The average molecular weight is 496 g/mol. The molecule has 6 rings (SSSR count). The summed E-state index contributed by atoms with van der Waals surface area (Å²) in [4.78, 5) is 19.4. The fourth-order valence-corrected chi connectivity index (χ4v) is 5.94. The lowest BCUT2D eigenvalue weighted by atomic mass is 9.95. The summed E-state index contributed by atoms with van der Waals surface area (Å²) in [5, 5.41) is 11.7. The summed E-state index contributed by atoms with van der Waals surface area (Å²) in [6, 6.07) is 14.6. The second-order valence-electron chi connectivity index (χ2n) is 10.3. The van der Waals surface area contributed by atoms with Crippen LogP contribution in [-0.2, 0) is 12.8 Å². The van der Waals surface area contributed by atoms with Gasteiger partial charge in [-0.2, -0.15) is 0 Å². The molecule has 3 aliphatic rings. The lowest BCUT2D eigenvalue weighted by molar-refractivity contribution is 0.0957. The van der Waals surface area contributed by atoms with Crippen molar-refractivity contribution in [2.24, 2.45) is 0 Å². The summed E-state index contributed by atoms with van der Waals surface area (Å²) >= 11 is 0. The van der Waals surface area contributed by atoms with Crippen LogP contribution in [0.15, 0.2) is 48.7 Å². The van der Waals surface area contributed by atoms with E-state index in [0.29, 0.717) is 47.5 Å². The van der Waals surface area contributed by atoms with E-state index in [2.05, 4.69) is 33.4 Å². The van der Waals surface area contributed by atoms with Crippen LogP contribution in [-0.4, -0.2) is 53.8 Å². The Morgan fingerprint density at radius 2 is 1.84 bits per heavy atom. The van der Waals surface area contributed by atoms with E-state index in [0.717, 1.165) is 24.0 Å². The molecule has 4 N–H and O–H groups in total. The van der Waals surface area contributed by atoms with E-state index >= 15 is 0 Å². The molecule has 37 heavy (non-hydrogen) atoms. The molecule has 7 heteroatoms. The minimum atomic E-state index is -0.163. The third-order valence-corrected chi connectivity index (χ3v) is 8.04. The molecule has 1 amide bonds. The number of nitrogens with one attached hydrogen (secondary N) is 2. The Bertz CT molecular complexity index is 1360. The van der Waals surface area contributed by atoms with Crippen LogP contribution in [0.1, 0.15) is 58.3 Å². The molecule has 1 saturated heterocycles. The standard InChI is InChI=1S/C30H33N5O2/c31-28(22-7-10-25-27(17-22)37-14-11-33-30(25)36)26-16-23(18-34-29(26)32)21-4-3-19-5-8-24(9-6-20(19)15-21)35-12-1-2-13-35/h3-4,7,10,15-18,24,31H,1-2,5-6,8-9,11-14H2,(H2,32,34)(H,33,36). The van der Waals surface area contributed by atoms with Crippen molar-refractivity contribution >= 4 is 17.4 Å². The van der Waals surface area contributed by atoms with Crippen LogP contribution in [0.25, 0.3) is 11.1 Å². The number of rotatable bonds is 4. The Morgan fingerprint density at radius 1 is 1.03 bits per heavy atom. The summed E-state index contributed by atoms with van der Waals surface area (Å²) in [6.45, 7) is 3.36. The number of anilines is 1. The van der Waals surface area contributed by atoms with Gasteiger partial charge in [-0.1, -0.05) is 24.3 Å². The molecular formula is C30H33N5O2. The molecule has 1 atom stereocenters. The quantitative estimate of drug-likeness (QED) is 0.372. The number of ether oxygens (including phenoxy) is 1. The molecular weight excluding hydrogens is 462 g/mol. The predicted octanol–water partition coefficient (Wildman–Crippen LogP) is 4.21. The highest BCUT2D eigenvalue weighted by molar-refractivity contribution is 6.14. The number of carbonyl (C=O) groups excluding carboxylic acids is 1. The Labute approximate surface area is 217 Å². The van der Waals surface area contributed by atoms with Crippen molar-refractivity contribution in [3.05, 3.63) is 76.5 Å². The molecule has 1 aromatic heterocycles. The van der Waals surface area contributed by atoms with Gasteiger partial charge in [0.2, 0.25) is 0 Å². The summed E-state index contributed by atoms with van der Waals surface area (Å²) in [5.74, 6) is 0.632. The maximum Gasteiger partial charge on any atom is 0.255 e. The minimum Gasteiger partial charge on any atom is -0.491 e. The van der Waals surface area contributed by atoms with Crippen LogP contribution < -0.4 is 15.8 Å². The maximum absolute atomic E-state index is 12.2. The second kappa shape index (κ2) is 9.98. The molecule has 0 saturated carbocycles. The molecule has 0 spiro atoms. The lowest BCUT2D eigenvalue weighted by Gasteiger charge is -2.26. The fourth-order valence-electron chi connectivity index (χ4n) is 5.94. The Morgan fingerprint density at radius 3 is 2.68 bits per heavy atom. The number of aryl methyl sites for hydroxylation is 2. The molecule has 1 aliphatic carbocycles. The van der Waals surface area contributed by atoms with Crippen molar-refractivity contribution in [1.82, 2.24) is 15.2 Å². The number of aromatic nitrogens is 1. The van der Waals surface area contributed by atoms with E-state index in [-0.39, 0.29) is 11.6 Å². The normalized spacial score (nSPS) is 19.7. The van der Waals surface area contributed by atoms with Crippen LogP contribution in [0.5, 0.6) is 5.75 Å². The molecule has 1 fully saturated rings. The van der Waals surface area contributed by atoms with Gasteiger partial charge in [0.25, 0.3) is 5.91 Å². The van der Waals surface area contributed by atoms with Gasteiger partial charge < -0.3 is 20.7 Å². The van der Waals surface area contributed by atoms with Gasteiger partial charge in [-0.05, 0) is 86.5 Å². The van der Waals surface area contributed by atoms with Crippen LogP contribution in [0.3, 0.4) is 0 Å². The highest BCUT2D eigenvalue weighted by atomic mass is 16.5. The maximum atomic E-state index is 12.2. The van der Waals surface area contributed by atoms with Crippen molar-refractivity contribution in [2.75, 3.05) is 32.0 Å². The van der Waals surface area contributed by atoms with E-state index < -0.39 is 0 Å². The first-order valence-electron chi connectivity index (χ1n) is 13.3. The van der Waals surface area contributed by atoms with Crippen molar-refractivity contribution < 1.29 is 9.53 Å². The number of benzene rings is 2. The van der Waals surface area contributed by atoms with E-state index in [4.69, 9.17) is 15.9 Å². The number of hydrogen-bond acceptors (Lipinski definition) is 6. The zero-order valence-electron chi connectivity index (χ0n) is 21.1. The number of likely N-dealkylation sites (tertiary alicyclic amines) is 1. The lowest BCUT2D eigenvalue weighted by Crippen LogP contribution is -2.32. The molecule has 0 radical (unpaired) electrons. The van der Waals surface area contributed by atoms with Crippen molar-refractivity contribution in [3.63, 3.8) is 0 Å². The van der Waals surface area contributed by atoms with Gasteiger partial charge in [0.05, 0.1) is 17.8 Å².